The van der Waals surface area contributed by atoms with E-state index in [0.29, 0.717) is 6.42 Å². The summed E-state index contributed by atoms with van der Waals surface area (Å²) >= 11 is 0. The maximum absolute atomic E-state index is 11.4. The van der Waals surface area contributed by atoms with E-state index in [1.807, 2.05) is 0 Å². The number of carboxylic acid groups (broad SMARTS) is 1. The van der Waals surface area contributed by atoms with Crippen LogP contribution in [-0.4, -0.2) is 23.5 Å². The topological polar surface area (TPSA) is 66.4 Å². The summed E-state index contributed by atoms with van der Waals surface area (Å²) in [5, 5.41) is 11.3. The fourth-order valence-electron chi connectivity index (χ4n) is 1.69. The van der Waals surface area contributed by atoms with Gasteiger partial charge in [0, 0.05) is 13.0 Å². The van der Waals surface area contributed by atoms with Crippen LogP contribution >= 0.6 is 0 Å². The molecule has 0 fully saturated rings. The van der Waals surface area contributed by atoms with Crippen molar-refractivity contribution in [2.45, 2.75) is 65.2 Å². The number of hydrogen-bond donors (Lipinski definition) is 2. The van der Waals surface area contributed by atoms with Crippen LogP contribution in [-0.2, 0) is 9.59 Å². The monoisotopic (exact) mass is 257 g/mol. The molecule has 1 atom stereocenters. The third kappa shape index (κ3) is 10.1. The lowest BCUT2D eigenvalue weighted by molar-refractivity contribution is -0.141. The summed E-state index contributed by atoms with van der Waals surface area (Å²) in [6.07, 6.45) is 8.80. The predicted molar refractivity (Wildman–Crippen MR) is 72.4 cm³/mol. The van der Waals surface area contributed by atoms with Crippen molar-refractivity contribution >= 4 is 11.9 Å². The Morgan fingerprint density at radius 3 is 2.17 bits per heavy atom. The molecule has 0 aliphatic heterocycles. The van der Waals surface area contributed by atoms with Crippen LogP contribution in [0.3, 0.4) is 0 Å². The number of carbonyl (C=O) groups excluding carboxylic acids is 1. The van der Waals surface area contributed by atoms with Gasteiger partial charge in [0.1, 0.15) is 0 Å². The molecule has 0 aliphatic rings. The second kappa shape index (κ2) is 11.1. The van der Waals surface area contributed by atoms with Gasteiger partial charge < -0.3 is 10.4 Å². The molecule has 0 aromatic carbocycles. The lowest BCUT2D eigenvalue weighted by Gasteiger charge is -2.08. The zero-order valence-corrected chi connectivity index (χ0v) is 11.7. The summed E-state index contributed by atoms with van der Waals surface area (Å²) < 4.78 is 0. The number of carboxylic acids is 1. The number of rotatable bonds is 11. The number of amides is 1. The Hall–Kier alpha value is -1.06. The van der Waals surface area contributed by atoms with Crippen molar-refractivity contribution in [3.8, 4) is 0 Å². The smallest absolute Gasteiger partial charge is 0.308 e. The summed E-state index contributed by atoms with van der Waals surface area (Å²) in [5.74, 6) is -1.41. The Kier molecular flexibility index (Phi) is 10.4. The molecule has 0 aromatic rings. The minimum atomic E-state index is -0.869. The van der Waals surface area contributed by atoms with Gasteiger partial charge in [0.25, 0.3) is 0 Å². The van der Waals surface area contributed by atoms with Crippen LogP contribution in [0.1, 0.15) is 65.2 Å². The van der Waals surface area contributed by atoms with Crippen molar-refractivity contribution in [1.82, 2.24) is 5.32 Å². The molecule has 4 nitrogen and oxygen atoms in total. The highest BCUT2D eigenvalue weighted by Crippen LogP contribution is 2.08. The molecule has 0 saturated heterocycles. The van der Waals surface area contributed by atoms with Gasteiger partial charge in [0.2, 0.25) is 5.91 Å². The molecular formula is C14H27NO3. The van der Waals surface area contributed by atoms with E-state index < -0.39 is 11.9 Å². The van der Waals surface area contributed by atoms with E-state index in [9.17, 15) is 9.59 Å². The van der Waals surface area contributed by atoms with Crippen LogP contribution in [0.25, 0.3) is 0 Å². The third-order valence-electron chi connectivity index (χ3n) is 3.03. The number of hydrogen-bond acceptors (Lipinski definition) is 2. The number of unbranched alkanes of at least 4 members (excludes halogenated alkanes) is 6. The molecule has 1 unspecified atom stereocenters. The molecule has 106 valence electrons. The van der Waals surface area contributed by atoms with Gasteiger partial charge >= 0.3 is 5.97 Å². The highest BCUT2D eigenvalue weighted by molar-refractivity contribution is 5.77. The first kappa shape index (κ1) is 16.9. The van der Waals surface area contributed by atoms with Crippen LogP contribution in [0, 0.1) is 5.92 Å². The maximum atomic E-state index is 11.4. The molecule has 1 amide bonds. The summed E-state index contributed by atoms with van der Waals surface area (Å²) in [7, 11) is 0. The van der Waals surface area contributed by atoms with Crippen LogP contribution in [0.5, 0.6) is 0 Å². The molecule has 18 heavy (non-hydrogen) atoms. The van der Waals surface area contributed by atoms with Crippen molar-refractivity contribution in [1.29, 1.82) is 0 Å². The SMILES string of the molecule is CCCCCCCCCC(=O)NCC(C)C(=O)O. The molecule has 0 rings (SSSR count). The molecule has 0 heterocycles. The van der Waals surface area contributed by atoms with E-state index in [2.05, 4.69) is 12.2 Å². The van der Waals surface area contributed by atoms with Crippen LogP contribution in [0.2, 0.25) is 0 Å². The standard InChI is InChI=1S/C14H27NO3/c1-3-4-5-6-7-8-9-10-13(16)15-11-12(2)14(17)18/h12H,3-11H2,1-2H3,(H,15,16)(H,17,18). The quantitative estimate of drug-likeness (QED) is 0.559. The normalized spacial score (nSPS) is 12.1. The van der Waals surface area contributed by atoms with Crippen LogP contribution in [0.15, 0.2) is 0 Å². The number of carbonyl (C=O) groups is 2. The largest absolute Gasteiger partial charge is 0.481 e. The molecule has 0 spiro atoms. The first-order chi connectivity index (χ1) is 8.57. The summed E-state index contributed by atoms with van der Waals surface area (Å²) in [6, 6.07) is 0. The molecule has 0 aromatic heterocycles. The minimum Gasteiger partial charge on any atom is -0.481 e. The summed E-state index contributed by atoms with van der Waals surface area (Å²) in [5.41, 5.74) is 0. The third-order valence-corrected chi connectivity index (χ3v) is 3.03. The average Bonchev–Trinajstić information content (AvgIpc) is 2.34. The van der Waals surface area contributed by atoms with E-state index in [1.54, 1.807) is 6.92 Å². The Morgan fingerprint density at radius 1 is 1.06 bits per heavy atom. The molecular weight excluding hydrogens is 230 g/mol. The van der Waals surface area contributed by atoms with Crippen molar-refractivity contribution in [3.63, 3.8) is 0 Å². The zero-order chi connectivity index (χ0) is 13.8. The van der Waals surface area contributed by atoms with Gasteiger partial charge in [0.05, 0.1) is 5.92 Å². The Labute approximate surface area is 110 Å². The molecule has 2 N–H and O–H groups in total. The van der Waals surface area contributed by atoms with Gasteiger partial charge in [-0.1, -0.05) is 52.4 Å². The van der Waals surface area contributed by atoms with Gasteiger partial charge in [-0.3, -0.25) is 9.59 Å². The van der Waals surface area contributed by atoms with Crippen LogP contribution in [0.4, 0.5) is 0 Å². The lowest BCUT2D eigenvalue weighted by Crippen LogP contribution is -2.31. The van der Waals surface area contributed by atoms with Crippen molar-refractivity contribution in [3.05, 3.63) is 0 Å². The minimum absolute atomic E-state index is 0.0309. The van der Waals surface area contributed by atoms with E-state index in [-0.39, 0.29) is 12.5 Å². The first-order valence-corrected chi connectivity index (χ1v) is 7.07. The fourth-order valence-corrected chi connectivity index (χ4v) is 1.69. The van der Waals surface area contributed by atoms with Crippen molar-refractivity contribution < 1.29 is 14.7 Å². The molecule has 0 aliphatic carbocycles. The van der Waals surface area contributed by atoms with Gasteiger partial charge in [-0.15, -0.1) is 0 Å². The van der Waals surface area contributed by atoms with E-state index >= 15 is 0 Å². The Balaban J connectivity index is 3.35. The molecule has 0 bridgehead atoms. The second-order valence-corrected chi connectivity index (χ2v) is 4.91. The van der Waals surface area contributed by atoms with Crippen LogP contribution < -0.4 is 5.32 Å². The second-order valence-electron chi connectivity index (χ2n) is 4.91. The number of nitrogens with one attached hydrogen (secondary N) is 1. The number of aliphatic carboxylic acids is 1. The van der Waals surface area contributed by atoms with E-state index in [1.165, 1.54) is 32.1 Å². The van der Waals surface area contributed by atoms with E-state index in [0.717, 1.165) is 12.8 Å². The van der Waals surface area contributed by atoms with E-state index in [4.69, 9.17) is 5.11 Å². The zero-order valence-electron chi connectivity index (χ0n) is 11.7. The summed E-state index contributed by atoms with van der Waals surface area (Å²) in [6.45, 7) is 4.02. The van der Waals surface area contributed by atoms with Crippen molar-refractivity contribution in [2.75, 3.05) is 6.54 Å². The molecule has 0 radical (unpaired) electrons. The summed E-state index contributed by atoms with van der Waals surface area (Å²) in [4.78, 5) is 21.9. The van der Waals surface area contributed by atoms with Gasteiger partial charge in [-0.05, 0) is 6.42 Å². The van der Waals surface area contributed by atoms with Gasteiger partial charge in [-0.25, -0.2) is 0 Å². The predicted octanol–water partition coefficient (Wildman–Crippen LogP) is 2.96. The molecule has 0 saturated carbocycles. The average molecular weight is 257 g/mol. The van der Waals surface area contributed by atoms with Crippen molar-refractivity contribution in [2.24, 2.45) is 5.92 Å². The Bertz CT molecular complexity index is 241. The lowest BCUT2D eigenvalue weighted by atomic mass is 10.1. The maximum Gasteiger partial charge on any atom is 0.308 e. The fraction of sp³-hybridized carbons (Fsp3) is 0.857. The Morgan fingerprint density at radius 2 is 1.61 bits per heavy atom. The highest BCUT2D eigenvalue weighted by atomic mass is 16.4. The first-order valence-electron chi connectivity index (χ1n) is 7.07. The highest BCUT2D eigenvalue weighted by Gasteiger charge is 2.11. The van der Waals surface area contributed by atoms with Gasteiger partial charge in [-0.2, -0.15) is 0 Å². The molecule has 4 heteroatoms. The van der Waals surface area contributed by atoms with Gasteiger partial charge in [0.15, 0.2) is 0 Å².